The van der Waals surface area contributed by atoms with Gasteiger partial charge in [0.1, 0.15) is 5.82 Å². The first-order valence-electron chi connectivity index (χ1n) is 11.7. The monoisotopic (exact) mass is 553 g/mol. The average molecular weight is 554 g/mol. The van der Waals surface area contributed by atoms with Crippen molar-refractivity contribution in [1.82, 2.24) is 14.9 Å². The third-order valence-corrected chi connectivity index (χ3v) is 5.54. The highest BCUT2D eigenvalue weighted by Gasteiger charge is 2.42. The molecule has 0 saturated carbocycles. The second-order valence-electron chi connectivity index (χ2n) is 8.68. The van der Waals surface area contributed by atoms with E-state index in [4.69, 9.17) is 9.15 Å². The third kappa shape index (κ3) is 6.94. The van der Waals surface area contributed by atoms with Gasteiger partial charge in [-0.15, -0.1) is 12.4 Å². The molecule has 2 aromatic heterocycles. The van der Waals surface area contributed by atoms with E-state index in [2.05, 4.69) is 15.3 Å². The Kier molecular flexibility index (Phi) is 9.21. The Hall–Kier alpha value is -3.80. The van der Waals surface area contributed by atoms with Crippen LogP contribution in [0, 0.1) is 0 Å². The zero-order chi connectivity index (χ0) is 26.6. The van der Waals surface area contributed by atoms with Crippen molar-refractivity contribution in [2.45, 2.75) is 32.5 Å². The second kappa shape index (κ2) is 12.2. The lowest BCUT2D eigenvalue weighted by Gasteiger charge is -2.23. The average Bonchev–Trinajstić information content (AvgIpc) is 3.18. The molecule has 13 heteroatoms. The van der Waals surface area contributed by atoms with Crippen LogP contribution in [0.3, 0.4) is 0 Å². The number of nitrogens with one attached hydrogen (secondary N) is 1. The van der Waals surface area contributed by atoms with E-state index in [1.807, 2.05) is 4.90 Å². The lowest BCUT2D eigenvalue weighted by Crippen LogP contribution is -2.36. The van der Waals surface area contributed by atoms with E-state index >= 15 is 0 Å². The van der Waals surface area contributed by atoms with Gasteiger partial charge >= 0.3 is 12.3 Å². The fourth-order valence-corrected chi connectivity index (χ4v) is 3.81. The van der Waals surface area contributed by atoms with E-state index in [0.29, 0.717) is 44.0 Å². The van der Waals surface area contributed by atoms with Crippen molar-refractivity contribution >= 4 is 35.9 Å². The van der Waals surface area contributed by atoms with Crippen LogP contribution in [0.1, 0.15) is 36.5 Å². The van der Waals surface area contributed by atoms with Gasteiger partial charge in [-0.2, -0.15) is 13.2 Å². The molecule has 1 N–H and O–H groups in total. The molecule has 0 spiro atoms. The molecule has 1 aliphatic heterocycles. The van der Waals surface area contributed by atoms with Crippen LogP contribution in [0.25, 0.3) is 11.5 Å². The normalized spacial score (nSPS) is 14.1. The summed E-state index contributed by atoms with van der Waals surface area (Å²) >= 11 is 0. The van der Waals surface area contributed by atoms with Gasteiger partial charge in [-0.25, -0.2) is 14.8 Å². The number of alkyl halides is 3. The number of amides is 2. The summed E-state index contributed by atoms with van der Waals surface area (Å²) in [5, 5.41) is 2.41. The molecule has 0 radical (unpaired) electrons. The van der Waals surface area contributed by atoms with Crippen molar-refractivity contribution in [3.05, 3.63) is 60.1 Å². The van der Waals surface area contributed by atoms with Gasteiger partial charge in [-0.05, 0) is 44.5 Å². The first kappa shape index (κ1) is 28.8. The minimum Gasteiger partial charge on any atom is -0.447 e. The number of rotatable bonds is 5. The second-order valence-corrected chi connectivity index (χ2v) is 8.68. The van der Waals surface area contributed by atoms with Gasteiger partial charge in [0.2, 0.25) is 11.7 Å². The first-order valence-corrected chi connectivity index (χ1v) is 11.7. The molecule has 1 aliphatic rings. The third-order valence-electron chi connectivity index (χ3n) is 5.54. The summed E-state index contributed by atoms with van der Waals surface area (Å²) < 4.78 is 50.8. The number of pyridine rings is 1. The number of nitrogens with zero attached hydrogens (tertiary/aromatic N) is 4. The summed E-state index contributed by atoms with van der Waals surface area (Å²) in [5.74, 6) is -2.24. The number of anilines is 2. The number of ether oxygens (including phenoxy) is 1. The van der Waals surface area contributed by atoms with E-state index in [-0.39, 0.29) is 36.2 Å². The van der Waals surface area contributed by atoms with Crippen LogP contribution in [0.2, 0.25) is 0 Å². The van der Waals surface area contributed by atoms with Gasteiger partial charge in [0.15, 0.2) is 5.69 Å². The Labute approximate surface area is 223 Å². The van der Waals surface area contributed by atoms with Crippen LogP contribution in [0.5, 0.6) is 0 Å². The molecule has 2 amide bonds. The molecule has 1 saturated heterocycles. The number of halogens is 4. The first-order chi connectivity index (χ1) is 17.6. The highest BCUT2D eigenvalue weighted by molar-refractivity contribution is 6.04. The fourth-order valence-electron chi connectivity index (χ4n) is 3.81. The predicted molar refractivity (Wildman–Crippen MR) is 136 cm³/mol. The molecule has 1 aromatic carbocycles. The molecule has 204 valence electrons. The number of aromatic nitrogens is 2. The van der Waals surface area contributed by atoms with E-state index in [1.165, 1.54) is 18.3 Å². The molecule has 4 rings (SSSR count). The van der Waals surface area contributed by atoms with Gasteiger partial charge in [0.25, 0.3) is 5.91 Å². The Morgan fingerprint density at radius 2 is 1.79 bits per heavy atom. The fraction of sp³-hybridized carbons (Fsp3) is 0.360. The van der Waals surface area contributed by atoms with Crippen molar-refractivity contribution in [2.75, 3.05) is 36.4 Å². The largest absolute Gasteiger partial charge is 0.452 e. The lowest BCUT2D eigenvalue weighted by molar-refractivity contribution is -0.153. The standard InChI is InChI=1S/C25H26F3N5O4.ClH/c1-16(2)36-24(35)33-12-6-11-32(13-14-33)19-10-9-18(15-29-19)30-22(34)20-21(25(26,27)28)37-23(31-20)17-7-4-3-5-8-17;/h3-5,7-10,15-16H,6,11-14H2,1-2H3,(H,30,34);1H. The van der Waals surface area contributed by atoms with Crippen molar-refractivity contribution < 1.29 is 31.9 Å². The van der Waals surface area contributed by atoms with Crippen LogP contribution in [-0.4, -0.2) is 59.2 Å². The maximum atomic E-state index is 13.5. The minimum atomic E-state index is -4.91. The summed E-state index contributed by atoms with van der Waals surface area (Å²) in [6, 6.07) is 11.2. The van der Waals surface area contributed by atoms with Gasteiger partial charge in [-0.3, -0.25) is 4.79 Å². The summed E-state index contributed by atoms with van der Waals surface area (Å²) in [4.78, 5) is 36.7. The van der Waals surface area contributed by atoms with Crippen molar-refractivity contribution in [3.8, 4) is 11.5 Å². The molecule has 0 bridgehead atoms. The van der Waals surface area contributed by atoms with Crippen molar-refractivity contribution in [2.24, 2.45) is 0 Å². The van der Waals surface area contributed by atoms with E-state index in [1.54, 1.807) is 49.1 Å². The molecule has 0 unspecified atom stereocenters. The molecular formula is C25H27ClF3N5O4. The lowest BCUT2D eigenvalue weighted by atomic mass is 10.2. The van der Waals surface area contributed by atoms with Crippen molar-refractivity contribution in [1.29, 1.82) is 0 Å². The summed E-state index contributed by atoms with van der Waals surface area (Å²) in [7, 11) is 0. The summed E-state index contributed by atoms with van der Waals surface area (Å²) in [6.07, 6.45) is -3.40. The number of oxazole rings is 1. The molecule has 3 heterocycles. The van der Waals surface area contributed by atoms with E-state index in [9.17, 15) is 22.8 Å². The zero-order valence-corrected chi connectivity index (χ0v) is 21.5. The predicted octanol–water partition coefficient (Wildman–Crippen LogP) is 5.49. The van der Waals surface area contributed by atoms with Crippen LogP contribution in [0.4, 0.5) is 29.5 Å². The van der Waals surface area contributed by atoms with Crippen LogP contribution in [-0.2, 0) is 10.9 Å². The topological polar surface area (TPSA) is 101 Å². The van der Waals surface area contributed by atoms with Gasteiger partial charge < -0.3 is 24.3 Å². The molecular weight excluding hydrogens is 527 g/mol. The number of carbonyl (C=O) groups excluding carboxylic acids is 2. The Balaban J connectivity index is 0.00000400. The van der Waals surface area contributed by atoms with Gasteiger partial charge in [0.05, 0.1) is 18.0 Å². The van der Waals surface area contributed by atoms with Crippen LogP contribution in [0.15, 0.2) is 53.1 Å². The van der Waals surface area contributed by atoms with Crippen LogP contribution >= 0.6 is 12.4 Å². The molecule has 1 fully saturated rings. The van der Waals surface area contributed by atoms with Gasteiger partial charge in [0, 0.05) is 31.7 Å². The minimum absolute atomic E-state index is 0. The van der Waals surface area contributed by atoms with Crippen LogP contribution < -0.4 is 10.2 Å². The number of hydrogen-bond donors (Lipinski definition) is 1. The zero-order valence-electron chi connectivity index (χ0n) is 20.7. The molecule has 0 atom stereocenters. The molecule has 38 heavy (non-hydrogen) atoms. The Morgan fingerprint density at radius 1 is 1.05 bits per heavy atom. The Bertz CT molecular complexity index is 1240. The maximum absolute atomic E-state index is 13.5. The highest BCUT2D eigenvalue weighted by atomic mass is 35.5. The molecule has 9 nitrogen and oxygen atoms in total. The summed E-state index contributed by atoms with van der Waals surface area (Å²) in [6.45, 7) is 5.78. The number of benzene rings is 1. The quantitative estimate of drug-likeness (QED) is 0.446. The van der Waals surface area contributed by atoms with E-state index in [0.717, 1.165) is 0 Å². The van der Waals surface area contributed by atoms with Gasteiger partial charge in [-0.1, -0.05) is 18.2 Å². The SMILES string of the molecule is CC(C)OC(=O)N1CCCN(c2ccc(NC(=O)c3nc(-c4ccccc4)oc3C(F)(F)F)cn2)CC1.Cl. The number of carbonyl (C=O) groups is 2. The molecule has 3 aromatic rings. The Morgan fingerprint density at radius 3 is 2.42 bits per heavy atom. The smallest absolute Gasteiger partial charge is 0.447 e. The summed E-state index contributed by atoms with van der Waals surface area (Å²) in [5.41, 5.74) is -0.356. The van der Waals surface area contributed by atoms with Crippen molar-refractivity contribution in [3.63, 3.8) is 0 Å². The maximum Gasteiger partial charge on any atom is 0.452 e. The molecule has 0 aliphatic carbocycles. The van der Waals surface area contributed by atoms with E-state index < -0.39 is 23.5 Å². The number of hydrogen-bond acceptors (Lipinski definition) is 7. The highest BCUT2D eigenvalue weighted by Crippen LogP contribution is 2.35.